The van der Waals surface area contributed by atoms with Gasteiger partial charge in [-0.1, -0.05) is 36.4 Å². The normalized spacial score (nSPS) is 14.6. The number of ether oxygens (including phenoxy) is 1. The SMILES string of the molecule is CC(=O)OC(C)C.Cc1cc2c(s1)Nc1ccccc1N=C2N1CCN(C)CC1.Cc1cc2c(s1)Nc1ccccc1N=C2N1CCN(C)CC1.NC(=O)c1ccccc1O.O.O.O.O. The number of likely N-dealkylation sites (N-methyl/N-ethyl adjacent to an activating group) is 2. The molecule has 0 aliphatic carbocycles. The number of amidine groups is 2. The zero-order valence-corrected chi connectivity index (χ0v) is 39.7. The van der Waals surface area contributed by atoms with Crippen LogP contribution in [-0.2, 0) is 9.53 Å². The standard InChI is InChI=1S/2C17H20N4S.C7H7NO2.C5H10O2.4H2O/c2*1-12-11-13-16(21-9-7-20(2)8-10-21)18-14-5-3-4-6-15(14)19-17(13)22-12;8-7(10)5-3-1-2-4-6(5)9;1-4(2)7-5(3)6;;;;/h2*3-6,11,19H,7-10H2,1-2H3;1-4,9H,(H2,8,10);4H,1-3H3;4*1H2. The van der Waals surface area contributed by atoms with E-state index in [0.29, 0.717) is 0 Å². The monoisotopic (exact) mass is 935 g/mol. The van der Waals surface area contributed by atoms with Crippen LogP contribution >= 0.6 is 22.7 Å². The van der Waals surface area contributed by atoms with Crippen molar-refractivity contribution in [2.45, 2.75) is 40.7 Å². The largest absolute Gasteiger partial charge is 0.507 e. The van der Waals surface area contributed by atoms with Crippen LogP contribution in [0.4, 0.5) is 32.8 Å². The quantitative estimate of drug-likeness (QED) is 0.171. The first kappa shape index (κ1) is 55.2. The summed E-state index contributed by atoms with van der Waals surface area (Å²) in [5, 5.41) is 18.5. The number of thiophene rings is 2. The van der Waals surface area contributed by atoms with E-state index in [1.807, 2.05) is 13.8 Å². The van der Waals surface area contributed by atoms with Gasteiger partial charge in [-0.2, -0.15) is 0 Å². The molecular weight excluding hydrogens is 871 g/mol. The molecule has 9 rings (SSSR count). The van der Waals surface area contributed by atoms with E-state index in [9.17, 15) is 9.59 Å². The Labute approximate surface area is 389 Å². The van der Waals surface area contributed by atoms with Gasteiger partial charge in [0.05, 0.1) is 45.5 Å². The molecule has 354 valence electrons. The Morgan fingerprint density at radius 2 is 1.05 bits per heavy atom. The summed E-state index contributed by atoms with van der Waals surface area (Å²) in [5.41, 5.74) is 11.8. The van der Waals surface area contributed by atoms with Gasteiger partial charge < -0.3 is 67.7 Å². The van der Waals surface area contributed by atoms with Gasteiger partial charge >= 0.3 is 5.97 Å². The van der Waals surface area contributed by atoms with Gasteiger partial charge in [-0.15, -0.1) is 22.7 Å². The molecule has 4 aliphatic heterocycles. The molecular formula is C46H65N9O8S2. The van der Waals surface area contributed by atoms with E-state index in [0.717, 1.165) is 86.8 Å². The van der Waals surface area contributed by atoms with Crippen LogP contribution in [-0.4, -0.2) is 143 Å². The minimum atomic E-state index is -0.613. The Morgan fingerprint density at radius 1 is 0.662 bits per heavy atom. The second kappa shape index (κ2) is 25.6. The van der Waals surface area contributed by atoms with Crippen LogP contribution in [0.5, 0.6) is 5.75 Å². The van der Waals surface area contributed by atoms with Crippen molar-refractivity contribution >= 4 is 79.0 Å². The second-order valence-electron chi connectivity index (χ2n) is 15.5. The molecule has 19 heteroatoms. The maximum absolute atomic E-state index is 10.5. The van der Waals surface area contributed by atoms with Gasteiger partial charge in [0.15, 0.2) is 0 Å². The first-order valence-corrected chi connectivity index (χ1v) is 22.1. The smallest absolute Gasteiger partial charge is 0.302 e. The van der Waals surface area contributed by atoms with Crippen molar-refractivity contribution in [3.05, 3.63) is 111 Å². The van der Waals surface area contributed by atoms with Crippen LogP contribution in [0.1, 0.15) is 52.0 Å². The summed E-state index contributed by atoms with van der Waals surface area (Å²) >= 11 is 3.61. The highest BCUT2D eigenvalue weighted by Gasteiger charge is 2.27. The van der Waals surface area contributed by atoms with Gasteiger partial charge in [-0.3, -0.25) is 9.59 Å². The lowest BCUT2D eigenvalue weighted by molar-refractivity contribution is -0.144. The maximum atomic E-state index is 10.5. The summed E-state index contributed by atoms with van der Waals surface area (Å²) in [4.78, 5) is 42.8. The van der Waals surface area contributed by atoms with Crippen LogP contribution in [0.3, 0.4) is 0 Å². The maximum Gasteiger partial charge on any atom is 0.302 e. The number of fused-ring (bicyclic) bond motifs is 4. The van der Waals surface area contributed by atoms with Gasteiger partial charge in [0.1, 0.15) is 27.4 Å². The van der Waals surface area contributed by atoms with Crippen LogP contribution in [0, 0.1) is 13.8 Å². The molecule has 13 N–H and O–H groups in total. The molecule has 1 amide bonds. The van der Waals surface area contributed by atoms with E-state index < -0.39 is 5.91 Å². The number of hydrogen-bond acceptors (Lipinski definition) is 14. The molecule has 6 heterocycles. The minimum Gasteiger partial charge on any atom is -0.507 e. The molecule has 0 unspecified atom stereocenters. The van der Waals surface area contributed by atoms with Crippen LogP contribution < -0.4 is 16.4 Å². The van der Waals surface area contributed by atoms with E-state index >= 15 is 0 Å². The van der Waals surface area contributed by atoms with Gasteiger partial charge in [-0.25, -0.2) is 9.98 Å². The molecule has 0 saturated carbocycles. The van der Waals surface area contributed by atoms with Gasteiger partial charge in [0.2, 0.25) is 0 Å². The zero-order chi connectivity index (χ0) is 43.6. The number of benzene rings is 3. The number of carbonyl (C=O) groups excluding carboxylic acids is 2. The fourth-order valence-electron chi connectivity index (χ4n) is 7.03. The zero-order valence-electron chi connectivity index (χ0n) is 38.1. The molecule has 5 aromatic rings. The highest BCUT2D eigenvalue weighted by molar-refractivity contribution is 7.17. The van der Waals surface area contributed by atoms with Crippen molar-refractivity contribution < 1.29 is 41.3 Å². The molecule has 0 radical (unpaired) electrons. The topological polar surface area (TPSA) is 277 Å². The number of esters is 1. The molecule has 0 atom stereocenters. The third kappa shape index (κ3) is 14.8. The number of amides is 1. The number of hydrogen-bond donors (Lipinski definition) is 4. The van der Waals surface area contributed by atoms with Crippen molar-refractivity contribution in [3.8, 4) is 5.75 Å². The number of primary amides is 1. The summed E-state index contributed by atoms with van der Waals surface area (Å²) < 4.78 is 4.61. The first-order chi connectivity index (χ1) is 29.2. The number of carbonyl (C=O) groups is 2. The van der Waals surface area contributed by atoms with Crippen LogP contribution in [0.25, 0.3) is 0 Å². The van der Waals surface area contributed by atoms with Gasteiger partial charge in [-0.05, 0) is 90.3 Å². The fourth-order valence-corrected chi connectivity index (χ4v) is 8.87. The Bertz CT molecular complexity index is 2240. The van der Waals surface area contributed by atoms with Crippen molar-refractivity contribution in [1.82, 2.24) is 19.6 Å². The summed E-state index contributed by atoms with van der Waals surface area (Å²) in [6.07, 6.45) is 0.0255. The number of aromatic hydroxyl groups is 1. The van der Waals surface area contributed by atoms with Gasteiger partial charge in [0.25, 0.3) is 5.91 Å². The minimum absolute atomic E-state index is 0. The summed E-state index contributed by atoms with van der Waals surface area (Å²) in [6, 6.07) is 27.3. The van der Waals surface area contributed by atoms with E-state index in [-0.39, 0.29) is 45.3 Å². The average molecular weight is 936 g/mol. The molecule has 65 heavy (non-hydrogen) atoms. The van der Waals surface area contributed by atoms with Crippen LogP contribution in [0.15, 0.2) is 94.9 Å². The highest BCUT2D eigenvalue weighted by Crippen LogP contribution is 2.40. The number of nitrogens with two attached hydrogens (primary N) is 1. The summed E-state index contributed by atoms with van der Waals surface area (Å²) in [6.45, 7) is 17.9. The lowest BCUT2D eigenvalue weighted by atomic mass is 10.2. The first-order valence-electron chi connectivity index (χ1n) is 20.5. The number of piperazine rings is 2. The number of rotatable bonds is 2. The predicted octanol–water partition coefficient (Wildman–Crippen LogP) is 5.03. The third-order valence-electron chi connectivity index (χ3n) is 10.1. The van der Waals surface area contributed by atoms with E-state index in [1.54, 1.807) is 34.8 Å². The molecule has 2 fully saturated rings. The van der Waals surface area contributed by atoms with Crippen LogP contribution in [0.2, 0.25) is 0 Å². The second-order valence-corrected chi connectivity index (χ2v) is 18.0. The molecule has 0 bridgehead atoms. The number of para-hydroxylation sites is 5. The average Bonchev–Trinajstić information content (AvgIpc) is 3.68. The number of aliphatic imine (C=N–C) groups is 2. The summed E-state index contributed by atoms with van der Waals surface area (Å²) in [7, 11) is 4.37. The Morgan fingerprint density at radius 3 is 1.38 bits per heavy atom. The lowest BCUT2D eigenvalue weighted by Gasteiger charge is -2.34. The lowest BCUT2D eigenvalue weighted by Crippen LogP contribution is -2.47. The Hall–Kier alpha value is -5.90. The third-order valence-corrected chi connectivity index (χ3v) is 12.1. The number of phenols is 1. The highest BCUT2D eigenvalue weighted by atomic mass is 32.1. The van der Waals surface area contributed by atoms with Crippen molar-refractivity contribution in [3.63, 3.8) is 0 Å². The number of nitrogens with one attached hydrogen (secondary N) is 2. The molecule has 2 saturated heterocycles. The van der Waals surface area contributed by atoms with E-state index in [2.05, 4.69) is 124 Å². The number of anilines is 4. The Balaban J connectivity index is 0.000000319. The summed E-state index contributed by atoms with van der Waals surface area (Å²) in [5.74, 6) is 1.33. The molecule has 0 spiro atoms. The predicted molar refractivity (Wildman–Crippen MR) is 266 cm³/mol. The van der Waals surface area contributed by atoms with Crippen molar-refractivity contribution in [2.24, 2.45) is 15.7 Å². The Kier molecular flexibility index (Phi) is 21.7. The molecule has 2 aromatic heterocycles. The fraction of sp³-hybridized carbons (Fsp3) is 0.348. The van der Waals surface area contributed by atoms with Crippen molar-refractivity contribution in [1.29, 1.82) is 0 Å². The molecule has 4 aliphatic rings. The van der Waals surface area contributed by atoms with E-state index in [4.69, 9.17) is 20.8 Å². The number of nitrogens with zero attached hydrogens (tertiary/aromatic N) is 6. The molecule has 3 aromatic carbocycles. The van der Waals surface area contributed by atoms with Crippen molar-refractivity contribution in [2.75, 3.05) is 77.1 Å². The van der Waals surface area contributed by atoms with Gasteiger partial charge in [0, 0.05) is 69.0 Å². The van der Waals surface area contributed by atoms with E-state index in [1.165, 1.54) is 49.9 Å². The number of aryl methyl sites for hydroxylation is 2. The molecule has 17 nitrogen and oxygen atoms in total.